The monoisotopic (exact) mass is 504 g/mol. The summed E-state index contributed by atoms with van der Waals surface area (Å²) < 4.78 is 79.8. The second-order valence-corrected chi connectivity index (χ2v) is 8.10. The van der Waals surface area contributed by atoms with Crippen molar-refractivity contribution in [3.05, 3.63) is 54.6 Å². The van der Waals surface area contributed by atoms with Gasteiger partial charge in [0.2, 0.25) is 5.95 Å². The molecule has 0 fully saturated rings. The smallest absolute Gasteiger partial charge is 0.406 e. The second-order valence-electron chi connectivity index (χ2n) is 6.97. The lowest BCUT2D eigenvalue weighted by Gasteiger charge is -2.15. The lowest BCUT2D eigenvalue weighted by Crippen LogP contribution is -2.21. The van der Waals surface area contributed by atoms with E-state index in [9.17, 15) is 31.4 Å². The Morgan fingerprint density at radius 1 is 1.00 bits per heavy atom. The maximum Gasteiger partial charge on any atom is 0.573 e. The van der Waals surface area contributed by atoms with E-state index in [0.29, 0.717) is 5.69 Å². The molecule has 3 rings (SSSR count). The number of aliphatic hydroxyl groups excluding tert-OH is 1. The van der Waals surface area contributed by atoms with Crippen LogP contribution in [0.3, 0.4) is 0 Å². The highest BCUT2D eigenvalue weighted by atomic mass is 32.2. The van der Waals surface area contributed by atoms with Gasteiger partial charge in [0.05, 0.1) is 12.3 Å². The number of nitrogens with zero attached hydrogens (tertiary/aromatic N) is 2. The Balaban J connectivity index is 1.96. The minimum atomic E-state index is -4.88. The van der Waals surface area contributed by atoms with Gasteiger partial charge in [-0.15, -0.1) is 13.2 Å². The number of alkyl halides is 6. The fourth-order valence-electron chi connectivity index (χ4n) is 2.76. The van der Waals surface area contributed by atoms with Gasteiger partial charge in [-0.25, -0.2) is 4.98 Å². The van der Waals surface area contributed by atoms with Crippen molar-refractivity contribution in [1.29, 1.82) is 0 Å². The van der Waals surface area contributed by atoms with Gasteiger partial charge in [0.1, 0.15) is 11.6 Å². The molecule has 1 heterocycles. The SMILES string of the molecule is C[C@@H](CO)Nc1nc(Nc2cccc(SC(F)(F)F)c2)cc(-c2cccc(OC(F)(F)F)c2)n1. The van der Waals surface area contributed by atoms with Crippen LogP contribution in [0.2, 0.25) is 0 Å². The van der Waals surface area contributed by atoms with Crippen LogP contribution in [0.5, 0.6) is 5.75 Å². The molecule has 34 heavy (non-hydrogen) atoms. The third-order valence-electron chi connectivity index (χ3n) is 4.08. The number of hydrogen-bond donors (Lipinski definition) is 3. The minimum absolute atomic E-state index is 0.0453. The summed E-state index contributed by atoms with van der Waals surface area (Å²) >= 11 is -0.273. The summed E-state index contributed by atoms with van der Waals surface area (Å²) in [5, 5.41) is 15.0. The van der Waals surface area contributed by atoms with E-state index in [1.165, 1.54) is 42.5 Å². The van der Waals surface area contributed by atoms with Crippen molar-refractivity contribution >= 4 is 29.2 Å². The molecule has 6 nitrogen and oxygen atoms in total. The second kappa shape index (κ2) is 10.4. The van der Waals surface area contributed by atoms with Gasteiger partial charge in [-0.05, 0) is 49.0 Å². The standard InChI is InChI=1S/C21H18F6N4O2S/c1-12(11-32)28-19-30-17(13-4-2-6-15(8-13)33-20(22,23)24)10-18(31-19)29-14-5-3-7-16(9-14)34-21(25,26)27/h2-10,12,32H,11H2,1H3,(H2,28,29,30,31)/t12-/m0/s1. The van der Waals surface area contributed by atoms with Crippen molar-refractivity contribution in [2.75, 3.05) is 17.2 Å². The summed E-state index contributed by atoms with van der Waals surface area (Å²) in [7, 11) is 0. The number of halogens is 6. The van der Waals surface area contributed by atoms with Gasteiger partial charge in [0, 0.05) is 28.3 Å². The molecule has 0 bridgehead atoms. The van der Waals surface area contributed by atoms with E-state index in [-0.39, 0.29) is 46.3 Å². The predicted molar refractivity (Wildman–Crippen MR) is 116 cm³/mol. The van der Waals surface area contributed by atoms with E-state index in [1.54, 1.807) is 6.92 Å². The molecule has 1 aromatic heterocycles. The Bertz CT molecular complexity index is 1130. The number of nitrogens with one attached hydrogen (secondary N) is 2. The first-order valence-electron chi connectivity index (χ1n) is 9.66. The molecule has 0 saturated heterocycles. The molecule has 3 aromatic rings. The first-order valence-corrected chi connectivity index (χ1v) is 10.5. The number of thioether (sulfide) groups is 1. The maximum absolute atomic E-state index is 12.7. The van der Waals surface area contributed by atoms with Gasteiger partial charge in [0.25, 0.3) is 0 Å². The van der Waals surface area contributed by atoms with Crippen molar-refractivity contribution in [2.24, 2.45) is 0 Å². The molecule has 1 atom stereocenters. The zero-order chi connectivity index (χ0) is 24.9. The predicted octanol–water partition coefficient (Wildman–Crippen LogP) is 6.19. The molecular formula is C21H18F6N4O2S. The van der Waals surface area contributed by atoms with Crippen molar-refractivity contribution in [3.8, 4) is 17.0 Å². The van der Waals surface area contributed by atoms with Crippen LogP contribution in [0, 0.1) is 0 Å². The molecule has 3 N–H and O–H groups in total. The molecule has 0 amide bonds. The summed E-state index contributed by atoms with van der Waals surface area (Å²) in [5.74, 6) is -0.244. The number of benzene rings is 2. The van der Waals surface area contributed by atoms with Gasteiger partial charge in [-0.2, -0.15) is 18.2 Å². The molecule has 2 aromatic carbocycles. The first-order chi connectivity index (χ1) is 15.9. The van der Waals surface area contributed by atoms with Gasteiger partial charge in [-0.3, -0.25) is 0 Å². The fraction of sp³-hybridized carbons (Fsp3) is 0.238. The number of ether oxygens (including phenoxy) is 1. The van der Waals surface area contributed by atoms with Gasteiger partial charge >= 0.3 is 11.9 Å². The molecule has 0 aliphatic heterocycles. The van der Waals surface area contributed by atoms with E-state index in [1.807, 2.05) is 0 Å². The zero-order valence-electron chi connectivity index (χ0n) is 17.4. The average Bonchev–Trinajstić information content (AvgIpc) is 2.71. The van der Waals surface area contributed by atoms with Crippen LogP contribution < -0.4 is 15.4 Å². The molecule has 0 unspecified atom stereocenters. The number of hydrogen-bond acceptors (Lipinski definition) is 7. The Hall–Kier alpha value is -3.19. The Morgan fingerprint density at radius 2 is 1.74 bits per heavy atom. The van der Waals surface area contributed by atoms with E-state index in [0.717, 1.165) is 12.1 Å². The first kappa shape index (κ1) is 25.4. The molecule has 0 radical (unpaired) electrons. The summed E-state index contributed by atoms with van der Waals surface area (Å²) in [6.45, 7) is 1.40. The molecule has 0 aliphatic carbocycles. The van der Waals surface area contributed by atoms with Gasteiger partial charge in [0.15, 0.2) is 0 Å². The number of aliphatic hydroxyl groups is 1. The molecule has 0 spiro atoms. The quantitative estimate of drug-likeness (QED) is 0.249. The topological polar surface area (TPSA) is 79.3 Å². The Morgan fingerprint density at radius 3 is 2.41 bits per heavy atom. The maximum atomic E-state index is 12.7. The van der Waals surface area contributed by atoms with E-state index >= 15 is 0 Å². The minimum Gasteiger partial charge on any atom is -0.406 e. The summed E-state index contributed by atoms with van der Waals surface area (Å²) in [5.41, 5.74) is -3.68. The van der Waals surface area contributed by atoms with Crippen molar-refractivity contribution in [1.82, 2.24) is 9.97 Å². The normalized spacial score (nSPS) is 12.8. The Labute approximate surface area is 194 Å². The average molecular weight is 504 g/mol. The summed E-state index contributed by atoms with van der Waals surface area (Å²) in [4.78, 5) is 8.47. The highest BCUT2D eigenvalue weighted by Crippen LogP contribution is 2.38. The van der Waals surface area contributed by atoms with Crippen molar-refractivity contribution < 1.29 is 36.2 Å². The van der Waals surface area contributed by atoms with Crippen LogP contribution in [0.1, 0.15) is 6.92 Å². The van der Waals surface area contributed by atoms with Crippen LogP contribution in [0.15, 0.2) is 59.5 Å². The van der Waals surface area contributed by atoms with Crippen LogP contribution >= 0.6 is 11.8 Å². The van der Waals surface area contributed by atoms with Crippen molar-refractivity contribution in [3.63, 3.8) is 0 Å². The van der Waals surface area contributed by atoms with Crippen LogP contribution in [0.4, 0.5) is 43.8 Å². The molecule has 13 heteroatoms. The van der Waals surface area contributed by atoms with Crippen LogP contribution in [0.25, 0.3) is 11.3 Å². The van der Waals surface area contributed by atoms with Crippen LogP contribution in [-0.4, -0.2) is 39.6 Å². The molecular weight excluding hydrogens is 486 g/mol. The van der Waals surface area contributed by atoms with E-state index < -0.39 is 23.7 Å². The van der Waals surface area contributed by atoms with Crippen LogP contribution in [-0.2, 0) is 0 Å². The molecule has 0 saturated carbocycles. The third kappa shape index (κ3) is 7.99. The fourth-order valence-corrected chi connectivity index (χ4v) is 3.36. The number of rotatable bonds is 8. The van der Waals surface area contributed by atoms with Crippen molar-refractivity contribution in [2.45, 2.75) is 29.7 Å². The summed E-state index contributed by atoms with van der Waals surface area (Å²) in [6.07, 6.45) is -4.88. The van der Waals surface area contributed by atoms with E-state index in [4.69, 9.17) is 0 Å². The lowest BCUT2D eigenvalue weighted by molar-refractivity contribution is -0.274. The lowest BCUT2D eigenvalue weighted by atomic mass is 10.1. The van der Waals surface area contributed by atoms with Gasteiger partial charge < -0.3 is 20.5 Å². The largest absolute Gasteiger partial charge is 0.573 e. The number of aromatic nitrogens is 2. The summed E-state index contributed by atoms with van der Waals surface area (Å²) in [6, 6.07) is 11.7. The highest BCUT2D eigenvalue weighted by molar-refractivity contribution is 8.00. The molecule has 0 aliphatic rings. The highest BCUT2D eigenvalue weighted by Gasteiger charge is 2.31. The Kier molecular flexibility index (Phi) is 7.77. The van der Waals surface area contributed by atoms with Gasteiger partial charge in [-0.1, -0.05) is 18.2 Å². The number of anilines is 3. The zero-order valence-corrected chi connectivity index (χ0v) is 18.2. The van der Waals surface area contributed by atoms with E-state index in [2.05, 4.69) is 25.3 Å². The third-order valence-corrected chi connectivity index (χ3v) is 4.80. The molecule has 182 valence electrons.